The highest BCUT2D eigenvalue weighted by Crippen LogP contribution is 2.38. The zero-order valence-corrected chi connectivity index (χ0v) is 15.6. The quantitative estimate of drug-likeness (QED) is 0.611. The number of hydrogen-bond acceptors (Lipinski definition) is 5. The van der Waals surface area contributed by atoms with Crippen molar-refractivity contribution >= 4 is 11.8 Å². The Morgan fingerprint density at radius 3 is 2.24 bits per heavy atom. The van der Waals surface area contributed by atoms with Crippen LogP contribution in [0.3, 0.4) is 0 Å². The van der Waals surface area contributed by atoms with E-state index in [1.165, 1.54) is 18.2 Å². The van der Waals surface area contributed by atoms with Gasteiger partial charge in [-0.05, 0) is 23.8 Å². The van der Waals surface area contributed by atoms with Crippen molar-refractivity contribution in [1.29, 1.82) is 10.5 Å². The fourth-order valence-electron chi connectivity index (χ4n) is 2.48. The van der Waals surface area contributed by atoms with Crippen LogP contribution in [0.15, 0.2) is 58.5 Å². The van der Waals surface area contributed by atoms with E-state index < -0.39 is 11.9 Å². The van der Waals surface area contributed by atoms with Crippen LogP contribution in [0, 0.1) is 22.7 Å². The summed E-state index contributed by atoms with van der Waals surface area (Å²) in [6.45, 7) is 0.112. The minimum Gasteiger partial charge on any atom is -0.369 e. The molecule has 1 aromatic heterocycles. The molecule has 0 aliphatic heterocycles. The summed E-state index contributed by atoms with van der Waals surface area (Å²) in [5, 5.41) is 17.9. The summed E-state index contributed by atoms with van der Waals surface area (Å²) in [5.41, 5.74) is 0.195. The molecule has 2 aromatic carbocycles. The van der Waals surface area contributed by atoms with E-state index in [1.807, 2.05) is 42.5 Å². The molecule has 1 N–H and O–H groups in total. The lowest BCUT2D eigenvalue weighted by molar-refractivity contribution is -0.143. The van der Waals surface area contributed by atoms with E-state index in [9.17, 15) is 13.2 Å². The second kappa shape index (κ2) is 8.82. The molecule has 0 saturated heterocycles. The maximum atomic E-state index is 13.4. The molecule has 0 amide bonds. The molecule has 0 aliphatic carbocycles. The number of alkyl halides is 3. The molecule has 9 heteroatoms. The highest BCUT2D eigenvalue weighted by Gasteiger charge is 2.37. The Balaban J connectivity index is 1.81. The summed E-state index contributed by atoms with van der Waals surface area (Å²) in [6, 6.07) is 17.2. The zero-order valence-electron chi connectivity index (χ0n) is 14.8. The molecule has 0 saturated carbocycles. The summed E-state index contributed by atoms with van der Waals surface area (Å²) >= 11 is 0.755. The van der Waals surface area contributed by atoms with Gasteiger partial charge in [-0.15, -0.1) is 0 Å². The third-order valence-corrected chi connectivity index (χ3v) is 4.69. The number of benzene rings is 2. The Morgan fingerprint density at radius 2 is 1.66 bits per heavy atom. The summed E-state index contributed by atoms with van der Waals surface area (Å²) < 4.78 is 45.7. The van der Waals surface area contributed by atoms with Gasteiger partial charge in [-0.2, -0.15) is 23.7 Å². The van der Waals surface area contributed by atoms with Crippen molar-refractivity contribution in [3.63, 3.8) is 0 Å². The van der Waals surface area contributed by atoms with Gasteiger partial charge >= 0.3 is 6.18 Å². The molecule has 0 fully saturated rings. The fourth-order valence-corrected chi connectivity index (χ4v) is 3.52. The normalized spacial score (nSPS) is 11.1. The molecule has 0 bridgehead atoms. The largest absolute Gasteiger partial charge is 0.436 e. The van der Waals surface area contributed by atoms with Gasteiger partial charge in [0.2, 0.25) is 0 Å². The monoisotopic (exact) mass is 414 g/mol. The number of ether oxygens (including phenoxy) is 1. The summed E-state index contributed by atoms with van der Waals surface area (Å²) in [6.07, 6.45) is -4.67. The molecule has 0 atom stereocenters. The third kappa shape index (κ3) is 5.38. The Bertz CT molecular complexity index is 1050. The number of H-pyrrole nitrogens is 1. The minimum atomic E-state index is -4.67. The maximum Gasteiger partial charge on any atom is 0.436 e. The van der Waals surface area contributed by atoms with Crippen LogP contribution in [0.25, 0.3) is 0 Å². The zero-order chi connectivity index (χ0) is 20.9. The Hall–Kier alpha value is -3.27. The van der Waals surface area contributed by atoms with Crippen molar-refractivity contribution in [3.05, 3.63) is 76.7 Å². The average Bonchev–Trinajstić information content (AvgIpc) is 3.11. The van der Waals surface area contributed by atoms with Gasteiger partial charge in [-0.25, -0.2) is 4.98 Å². The van der Waals surface area contributed by atoms with Crippen LogP contribution in [0.2, 0.25) is 0 Å². The molecule has 5 nitrogen and oxygen atoms in total. The molecule has 0 spiro atoms. The molecule has 1 heterocycles. The average molecular weight is 414 g/mol. The van der Waals surface area contributed by atoms with Crippen molar-refractivity contribution in [2.24, 2.45) is 0 Å². The predicted octanol–water partition coefficient (Wildman–Crippen LogP) is 5.04. The second-order valence-electron chi connectivity index (χ2n) is 5.91. The van der Waals surface area contributed by atoms with Crippen molar-refractivity contribution in [3.8, 4) is 12.1 Å². The molecular formula is C20H13F3N4OS. The lowest BCUT2D eigenvalue weighted by Gasteiger charge is -2.06. The van der Waals surface area contributed by atoms with Gasteiger partial charge in [-0.1, -0.05) is 42.1 Å². The number of hydrogen-bond donors (Lipinski definition) is 1. The van der Waals surface area contributed by atoms with Crippen molar-refractivity contribution in [2.45, 2.75) is 29.3 Å². The molecule has 0 aliphatic rings. The van der Waals surface area contributed by atoms with Gasteiger partial charge in [-0.3, -0.25) is 0 Å². The molecule has 146 valence electrons. The van der Waals surface area contributed by atoms with Gasteiger partial charge in [0.1, 0.15) is 17.5 Å². The summed E-state index contributed by atoms with van der Waals surface area (Å²) in [5.74, 6) is 0.0349. The topological polar surface area (TPSA) is 85.5 Å². The third-order valence-electron chi connectivity index (χ3n) is 3.72. The van der Waals surface area contributed by atoms with Gasteiger partial charge in [0.25, 0.3) is 0 Å². The first-order valence-electron chi connectivity index (χ1n) is 8.30. The van der Waals surface area contributed by atoms with Crippen LogP contribution in [0.5, 0.6) is 0 Å². The Labute approximate surface area is 168 Å². The van der Waals surface area contributed by atoms with Crippen molar-refractivity contribution < 1.29 is 17.9 Å². The number of nitriles is 2. The van der Waals surface area contributed by atoms with Crippen molar-refractivity contribution in [1.82, 2.24) is 9.97 Å². The molecule has 0 unspecified atom stereocenters. The van der Waals surface area contributed by atoms with E-state index in [1.54, 1.807) is 0 Å². The van der Waals surface area contributed by atoms with Crippen LogP contribution < -0.4 is 0 Å². The standard InChI is InChI=1S/C20H13F3N4OS/c21-20(22,23)18-19(29-16-7-14(9-24)6-15(8-16)10-25)27-17(26-18)12-28-11-13-4-2-1-3-5-13/h1-8H,11-12H2,(H,26,27). The fraction of sp³-hybridized carbons (Fsp3) is 0.150. The number of aromatic nitrogens is 2. The Morgan fingerprint density at radius 1 is 1.00 bits per heavy atom. The smallest absolute Gasteiger partial charge is 0.369 e. The molecular weight excluding hydrogens is 401 g/mol. The Kier molecular flexibility index (Phi) is 6.23. The molecule has 29 heavy (non-hydrogen) atoms. The van der Waals surface area contributed by atoms with Crippen LogP contribution >= 0.6 is 11.8 Å². The van der Waals surface area contributed by atoms with E-state index in [4.69, 9.17) is 15.3 Å². The molecule has 3 aromatic rings. The minimum absolute atomic E-state index is 0.0349. The first kappa shape index (κ1) is 20.5. The number of aromatic amines is 1. The lowest BCUT2D eigenvalue weighted by Crippen LogP contribution is -2.07. The van der Waals surface area contributed by atoms with Crippen LogP contribution in [-0.2, 0) is 24.1 Å². The van der Waals surface area contributed by atoms with Crippen LogP contribution in [0.1, 0.15) is 28.2 Å². The number of imidazole rings is 1. The summed E-state index contributed by atoms with van der Waals surface area (Å²) in [4.78, 5) is 6.60. The summed E-state index contributed by atoms with van der Waals surface area (Å²) in [7, 11) is 0. The van der Waals surface area contributed by atoms with E-state index in [2.05, 4.69) is 9.97 Å². The van der Waals surface area contributed by atoms with Crippen molar-refractivity contribution in [2.75, 3.05) is 0 Å². The van der Waals surface area contributed by atoms with E-state index in [-0.39, 0.29) is 35.2 Å². The number of nitrogens with zero attached hydrogens (tertiary/aromatic N) is 3. The second-order valence-corrected chi connectivity index (χ2v) is 6.99. The predicted molar refractivity (Wildman–Crippen MR) is 98.5 cm³/mol. The first-order valence-corrected chi connectivity index (χ1v) is 9.11. The highest BCUT2D eigenvalue weighted by atomic mass is 32.2. The number of nitrogens with one attached hydrogen (secondary N) is 1. The lowest BCUT2D eigenvalue weighted by atomic mass is 10.1. The number of rotatable bonds is 6. The van der Waals surface area contributed by atoms with Gasteiger partial charge in [0, 0.05) is 4.90 Å². The van der Waals surface area contributed by atoms with E-state index in [0.717, 1.165) is 17.3 Å². The van der Waals surface area contributed by atoms with Gasteiger partial charge < -0.3 is 9.72 Å². The number of halogens is 3. The van der Waals surface area contributed by atoms with Gasteiger partial charge in [0.05, 0.1) is 29.9 Å². The van der Waals surface area contributed by atoms with Crippen LogP contribution in [-0.4, -0.2) is 9.97 Å². The van der Waals surface area contributed by atoms with Crippen LogP contribution in [0.4, 0.5) is 13.2 Å². The first-order chi connectivity index (χ1) is 13.9. The van der Waals surface area contributed by atoms with Gasteiger partial charge in [0.15, 0.2) is 5.69 Å². The SMILES string of the molecule is N#Cc1cc(C#N)cc(Sc2[nH]c(COCc3ccccc3)nc2C(F)(F)F)c1. The molecule has 0 radical (unpaired) electrons. The molecule has 3 rings (SSSR count). The highest BCUT2D eigenvalue weighted by molar-refractivity contribution is 7.99. The van der Waals surface area contributed by atoms with E-state index >= 15 is 0 Å². The maximum absolute atomic E-state index is 13.4. The van der Waals surface area contributed by atoms with E-state index in [0.29, 0.717) is 4.90 Å².